The predicted molar refractivity (Wildman–Crippen MR) is 170 cm³/mol. The van der Waals surface area contributed by atoms with E-state index in [0.29, 0.717) is 26.3 Å². The lowest BCUT2D eigenvalue weighted by atomic mass is 9.90. The number of unbranched alkanes of at least 4 members (excludes halogenated alkanes) is 1. The van der Waals surface area contributed by atoms with E-state index in [9.17, 15) is 9.59 Å². The van der Waals surface area contributed by atoms with Crippen molar-refractivity contribution in [2.75, 3.05) is 19.7 Å². The minimum Gasteiger partial charge on any atom is -0.443 e. The monoisotopic (exact) mass is 607 g/mol. The fourth-order valence-electron chi connectivity index (χ4n) is 5.52. The number of imidazole rings is 1. The minimum absolute atomic E-state index is 0.133. The van der Waals surface area contributed by atoms with Crippen LogP contribution in [0.4, 0.5) is 9.59 Å². The number of rotatable bonds is 11. The number of benzene rings is 1. The summed E-state index contributed by atoms with van der Waals surface area (Å²) in [6.45, 7) is 15.3. The van der Waals surface area contributed by atoms with Crippen LogP contribution in [0.3, 0.4) is 0 Å². The third-order valence-electron chi connectivity index (χ3n) is 7.41. The van der Waals surface area contributed by atoms with E-state index in [-0.39, 0.29) is 12.6 Å². The Bertz CT molecular complexity index is 1380. The number of aromatic nitrogens is 3. The van der Waals surface area contributed by atoms with Gasteiger partial charge in [-0.25, -0.2) is 19.5 Å². The summed E-state index contributed by atoms with van der Waals surface area (Å²) in [6, 6.07) is 12.5. The molecule has 0 N–H and O–H groups in total. The number of fused-ring (bicyclic) bond motifs is 2. The Balaban J connectivity index is 1.55. The molecule has 10 heteroatoms. The molecule has 0 spiro atoms. The summed E-state index contributed by atoms with van der Waals surface area (Å²) in [6.07, 6.45) is 4.92. The summed E-state index contributed by atoms with van der Waals surface area (Å²) in [5.41, 5.74) is 2.93. The van der Waals surface area contributed by atoms with Crippen molar-refractivity contribution in [3.63, 3.8) is 0 Å². The zero-order chi connectivity index (χ0) is 31.9. The number of carbonyl (C=O) groups is 2. The highest BCUT2D eigenvalue weighted by Gasteiger charge is 2.32. The van der Waals surface area contributed by atoms with E-state index in [0.717, 1.165) is 59.7 Å². The third-order valence-corrected chi connectivity index (χ3v) is 7.41. The van der Waals surface area contributed by atoms with E-state index in [1.165, 1.54) is 5.56 Å². The number of nitrogens with zero attached hydrogens (tertiary/aromatic N) is 5. The summed E-state index contributed by atoms with van der Waals surface area (Å²) in [7, 11) is 0. The van der Waals surface area contributed by atoms with E-state index < -0.39 is 23.4 Å². The number of carbonyl (C=O) groups excluding carboxylic acids is 2. The average molecular weight is 608 g/mol. The van der Waals surface area contributed by atoms with Crippen molar-refractivity contribution >= 4 is 23.2 Å². The average Bonchev–Trinajstić information content (AvgIpc) is 3.29. The highest BCUT2D eigenvalue weighted by molar-refractivity contribution is 5.88. The van der Waals surface area contributed by atoms with Crippen molar-refractivity contribution < 1.29 is 23.8 Å². The smallest absolute Gasteiger partial charge is 0.419 e. The van der Waals surface area contributed by atoms with Gasteiger partial charge in [-0.3, -0.25) is 9.88 Å². The van der Waals surface area contributed by atoms with Crippen LogP contribution in [-0.2, 0) is 33.9 Å². The first-order chi connectivity index (χ1) is 20.9. The molecule has 0 radical (unpaired) electrons. The van der Waals surface area contributed by atoms with Crippen molar-refractivity contribution in [3.8, 4) is 0 Å². The molecule has 10 nitrogen and oxygen atoms in total. The molecule has 0 unspecified atom stereocenters. The quantitative estimate of drug-likeness (QED) is 0.210. The van der Waals surface area contributed by atoms with E-state index in [1.54, 1.807) is 41.5 Å². The van der Waals surface area contributed by atoms with Crippen molar-refractivity contribution in [2.24, 2.45) is 0 Å². The van der Waals surface area contributed by atoms with E-state index in [4.69, 9.17) is 24.2 Å². The number of para-hydroxylation sites is 2. The van der Waals surface area contributed by atoms with E-state index >= 15 is 0 Å². The maximum atomic E-state index is 13.0. The second-order valence-corrected chi connectivity index (χ2v) is 13.3. The lowest BCUT2D eigenvalue weighted by molar-refractivity contribution is 0.00100. The number of hydrogen-bond donors (Lipinski definition) is 0. The van der Waals surface area contributed by atoms with Crippen molar-refractivity contribution in [3.05, 3.63) is 59.7 Å². The van der Waals surface area contributed by atoms with Gasteiger partial charge in [0.2, 0.25) is 0 Å². The number of imide groups is 1. The zero-order valence-electron chi connectivity index (χ0n) is 27.5. The molecule has 0 saturated carbocycles. The largest absolute Gasteiger partial charge is 0.443 e. The van der Waals surface area contributed by atoms with Gasteiger partial charge in [0.25, 0.3) is 0 Å². The number of hydrogen-bond acceptors (Lipinski definition) is 8. The first-order valence-electron chi connectivity index (χ1n) is 15.8. The topological polar surface area (TPSA) is 99.0 Å². The van der Waals surface area contributed by atoms with Gasteiger partial charge in [-0.2, -0.15) is 0 Å². The molecule has 1 atom stereocenters. The van der Waals surface area contributed by atoms with Crippen molar-refractivity contribution in [2.45, 2.75) is 111 Å². The molecule has 0 fully saturated rings. The summed E-state index contributed by atoms with van der Waals surface area (Å²) in [5.74, 6) is 0.937. The maximum absolute atomic E-state index is 13.0. The van der Waals surface area contributed by atoms with Gasteiger partial charge in [-0.15, -0.1) is 0 Å². The summed E-state index contributed by atoms with van der Waals surface area (Å²) in [4.78, 5) is 39.4. The van der Waals surface area contributed by atoms with Crippen LogP contribution in [0.15, 0.2) is 42.6 Å². The molecule has 2 aromatic heterocycles. The van der Waals surface area contributed by atoms with Crippen LogP contribution in [0.2, 0.25) is 0 Å². The maximum Gasteiger partial charge on any atom is 0.419 e. The van der Waals surface area contributed by atoms with Gasteiger partial charge < -0.3 is 18.8 Å². The minimum atomic E-state index is -0.734. The standard InChI is InChI=1S/C34H49N5O5/c1-8-42-24-39-27-18-10-9-17-26(27)36-29(39)23-37(28-19-13-15-25-16-14-20-35-30(25)28)21-11-12-22-38(31(40)43-33(2,3)4)32(41)44-34(5,6)7/h9-10,14,16-18,20,28H,8,11-13,15,19,21-24H2,1-7H3/t28-/m0/s1. The van der Waals surface area contributed by atoms with Crippen LogP contribution in [-0.4, -0.2) is 67.4 Å². The second kappa shape index (κ2) is 14.5. The Morgan fingerprint density at radius 1 is 0.955 bits per heavy atom. The second-order valence-electron chi connectivity index (χ2n) is 13.3. The van der Waals surface area contributed by atoms with Gasteiger partial charge in [0.1, 0.15) is 23.8 Å². The van der Waals surface area contributed by atoms with E-state index in [2.05, 4.69) is 21.6 Å². The number of pyridine rings is 1. The van der Waals surface area contributed by atoms with Crippen molar-refractivity contribution in [1.82, 2.24) is 24.3 Å². The van der Waals surface area contributed by atoms with Gasteiger partial charge in [-0.05, 0) is 111 Å². The lowest BCUT2D eigenvalue weighted by Gasteiger charge is -2.35. The Hall–Kier alpha value is -3.50. The first-order valence-corrected chi connectivity index (χ1v) is 15.8. The molecule has 0 aliphatic heterocycles. The van der Waals surface area contributed by atoms with Gasteiger partial charge >= 0.3 is 12.2 Å². The molecule has 2 heterocycles. The first kappa shape index (κ1) is 33.4. The summed E-state index contributed by atoms with van der Waals surface area (Å²) < 4.78 is 19.1. The van der Waals surface area contributed by atoms with Crippen molar-refractivity contribution in [1.29, 1.82) is 0 Å². The number of aryl methyl sites for hydroxylation is 1. The van der Waals surface area contributed by atoms with Gasteiger partial charge in [0.15, 0.2) is 0 Å². The molecule has 3 aromatic rings. The third kappa shape index (κ3) is 9.01. The Labute approximate surface area is 261 Å². The Morgan fingerprint density at radius 3 is 2.32 bits per heavy atom. The van der Waals surface area contributed by atoms with Crippen LogP contribution in [0.1, 0.15) is 97.3 Å². The van der Waals surface area contributed by atoms with Gasteiger partial charge in [0.05, 0.1) is 29.3 Å². The normalized spacial score (nSPS) is 15.3. The molecule has 1 aliphatic rings. The molecule has 2 amide bonds. The summed E-state index contributed by atoms with van der Waals surface area (Å²) in [5, 5.41) is 0. The van der Waals surface area contributed by atoms with E-state index in [1.807, 2.05) is 37.4 Å². The highest BCUT2D eigenvalue weighted by Crippen LogP contribution is 2.34. The molecule has 1 aliphatic carbocycles. The molecule has 0 saturated heterocycles. The number of ether oxygens (including phenoxy) is 3. The van der Waals surface area contributed by atoms with Gasteiger partial charge in [0, 0.05) is 19.3 Å². The molecule has 0 bridgehead atoms. The zero-order valence-corrected chi connectivity index (χ0v) is 27.5. The fourth-order valence-corrected chi connectivity index (χ4v) is 5.52. The molecule has 1 aromatic carbocycles. The predicted octanol–water partition coefficient (Wildman–Crippen LogP) is 7.26. The van der Waals surface area contributed by atoms with Gasteiger partial charge in [-0.1, -0.05) is 18.2 Å². The molecular formula is C34H49N5O5. The molecular weight excluding hydrogens is 558 g/mol. The fraction of sp³-hybridized carbons (Fsp3) is 0.588. The Kier molecular flexibility index (Phi) is 11.0. The van der Waals surface area contributed by atoms with Crippen LogP contribution in [0.25, 0.3) is 11.0 Å². The Morgan fingerprint density at radius 2 is 1.64 bits per heavy atom. The summed E-state index contributed by atoms with van der Waals surface area (Å²) >= 11 is 0. The SMILES string of the molecule is CCOCn1c(CN(CCCCN(C(=O)OC(C)(C)C)C(=O)OC(C)(C)C)[C@H]2CCCc3cccnc32)nc2ccccc21. The van der Waals surface area contributed by atoms with Crippen LogP contribution in [0.5, 0.6) is 0 Å². The van der Waals surface area contributed by atoms with Crippen LogP contribution >= 0.6 is 0 Å². The highest BCUT2D eigenvalue weighted by atomic mass is 16.6. The molecule has 44 heavy (non-hydrogen) atoms. The van der Waals surface area contributed by atoms with Crippen LogP contribution < -0.4 is 0 Å². The lowest BCUT2D eigenvalue weighted by Crippen LogP contribution is -2.44. The molecule has 4 rings (SSSR count). The number of amides is 2. The van der Waals surface area contributed by atoms with Crippen LogP contribution in [0, 0.1) is 0 Å². The molecule has 240 valence electrons.